The van der Waals surface area contributed by atoms with E-state index >= 15 is 0 Å². The molecular weight excluding hydrogens is 336 g/mol. The molecule has 3 heteroatoms. The van der Waals surface area contributed by atoms with Gasteiger partial charge in [0, 0.05) is 5.56 Å². The molecule has 1 aliphatic rings. The molecule has 26 heavy (non-hydrogen) atoms. The Kier molecular flexibility index (Phi) is 3.68. The molecule has 0 aromatic heterocycles. The Morgan fingerprint density at radius 2 is 1.38 bits per heavy atom. The minimum absolute atomic E-state index is 0.310. The van der Waals surface area contributed by atoms with Crippen LogP contribution < -0.4 is 0 Å². The Morgan fingerprint density at radius 3 is 2.00 bits per heavy atom. The predicted molar refractivity (Wildman–Crippen MR) is 110 cm³/mol. The van der Waals surface area contributed by atoms with E-state index in [-0.39, 0.29) is 0 Å². The van der Waals surface area contributed by atoms with Crippen molar-refractivity contribution in [2.24, 2.45) is 0 Å². The van der Waals surface area contributed by atoms with Crippen LogP contribution in [0.4, 0.5) is 0 Å². The Labute approximate surface area is 153 Å². The highest BCUT2D eigenvalue weighted by Gasteiger charge is 2.27. The van der Waals surface area contributed by atoms with E-state index in [0.29, 0.717) is 11.1 Å². The number of hydrogen-bond acceptors (Lipinski definition) is 2. The molecule has 0 saturated carbocycles. The zero-order chi connectivity index (χ0) is 18.5. The smallest absolute Gasteiger partial charge is 0.241 e. The Bertz CT molecular complexity index is 1200. The molecule has 0 radical (unpaired) electrons. The fourth-order valence-electron chi connectivity index (χ4n) is 3.14. The lowest BCUT2D eigenvalue weighted by Crippen LogP contribution is -2.22. The maximum absolute atomic E-state index is 12.6. The molecule has 0 bridgehead atoms. The molecule has 0 saturated heterocycles. The first-order chi connectivity index (χ1) is 12.3. The third-order valence-corrected chi connectivity index (χ3v) is 5.32. The number of hydrogen-bond donors (Lipinski definition) is 0. The second kappa shape index (κ2) is 5.79. The van der Waals surface area contributed by atoms with Crippen molar-refractivity contribution in [1.29, 1.82) is 0 Å². The van der Waals surface area contributed by atoms with E-state index < -0.39 is 19.6 Å². The first-order valence-electron chi connectivity index (χ1n) is 8.62. The molecule has 0 heterocycles. The number of carbonyl (C=O) groups is 2. The predicted octanol–water partition coefficient (Wildman–Crippen LogP) is 5.02. The van der Waals surface area contributed by atoms with Crippen molar-refractivity contribution in [2.75, 3.05) is 0 Å². The van der Waals surface area contributed by atoms with Crippen LogP contribution in [0.5, 0.6) is 0 Å². The quantitative estimate of drug-likeness (QED) is 0.246. The van der Waals surface area contributed by atoms with Gasteiger partial charge in [-0.15, -0.1) is 5.54 Å². The van der Waals surface area contributed by atoms with Gasteiger partial charge in [0.15, 0.2) is 0 Å². The summed E-state index contributed by atoms with van der Waals surface area (Å²) in [6, 6.07) is 16.1. The minimum Gasteiger partial charge on any atom is -0.285 e. The van der Waals surface area contributed by atoms with E-state index in [4.69, 9.17) is 0 Å². The van der Waals surface area contributed by atoms with Crippen molar-refractivity contribution in [2.45, 2.75) is 19.6 Å². The van der Waals surface area contributed by atoms with Gasteiger partial charge in [0.2, 0.25) is 11.6 Å². The third kappa shape index (κ3) is 2.89. The van der Waals surface area contributed by atoms with E-state index in [2.05, 4.69) is 49.3 Å². The van der Waals surface area contributed by atoms with Crippen LogP contribution in [0.15, 0.2) is 54.1 Å². The summed E-state index contributed by atoms with van der Waals surface area (Å²) in [5, 5.41) is 4.29. The van der Waals surface area contributed by atoms with Gasteiger partial charge in [0.1, 0.15) is 8.07 Å². The topological polar surface area (TPSA) is 34.1 Å². The summed E-state index contributed by atoms with van der Waals surface area (Å²) >= 11 is 0. The summed E-state index contributed by atoms with van der Waals surface area (Å²) in [6.07, 6.45) is 1.76. The average Bonchev–Trinajstić information content (AvgIpc) is 2.60. The van der Waals surface area contributed by atoms with Crippen LogP contribution in [0.2, 0.25) is 19.6 Å². The van der Waals surface area contributed by atoms with Crippen LogP contribution >= 0.6 is 0 Å². The minimum atomic E-state index is -1.62. The summed E-state index contributed by atoms with van der Waals surface area (Å²) < 4.78 is 0. The number of rotatable bonds is 0. The fraction of sp³-hybridized carbons (Fsp3) is 0.130. The lowest BCUT2D eigenvalue weighted by atomic mass is 9.88. The molecule has 0 spiro atoms. The molecule has 0 amide bonds. The normalized spacial score (nSPS) is 14.0. The van der Waals surface area contributed by atoms with Gasteiger partial charge in [0.25, 0.3) is 0 Å². The third-order valence-electron chi connectivity index (χ3n) is 4.44. The van der Waals surface area contributed by atoms with Gasteiger partial charge >= 0.3 is 0 Å². The molecule has 4 rings (SSSR count). The Morgan fingerprint density at radius 1 is 0.769 bits per heavy atom. The summed E-state index contributed by atoms with van der Waals surface area (Å²) in [7, 11) is -1.62. The van der Waals surface area contributed by atoms with Gasteiger partial charge in [-0.2, -0.15) is 0 Å². The first-order valence-corrected chi connectivity index (χ1v) is 12.1. The molecule has 3 aromatic carbocycles. The summed E-state index contributed by atoms with van der Waals surface area (Å²) in [4.78, 5) is 25.1. The average molecular weight is 354 g/mol. The second-order valence-electron chi connectivity index (χ2n) is 7.70. The molecular formula is C23H18O2Si. The first kappa shape index (κ1) is 16.5. The molecule has 2 nitrogen and oxygen atoms in total. The molecule has 0 fully saturated rings. The number of fused-ring (bicyclic) bond motifs is 3. The zero-order valence-electron chi connectivity index (χ0n) is 15.0. The Hall–Kier alpha value is -2.96. The number of carbonyl (C=O) groups excluding carboxylic acids is 2. The monoisotopic (exact) mass is 354 g/mol. The van der Waals surface area contributed by atoms with Gasteiger partial charge in [-0.25, -0.2) is 0 Å². The van der Waals surface area contributed by atoms with E-state index in [0.717, 1.165) is 27.1 Å². The zero-order valence-corrected chi connectivity index (χ0v) is 16.0. The molecule has 0 atom stereocenters. The van der Waals surface area contributed by atoms with Crippen LogP contribution in [0.25, 0.3) is 27.6 Å². The second-order valence-corrected chi connectivity index (χ2v) is 12.5. The van der Waals surface area contributed by atoms with E-state index in [1.807, 2.05) is 30.3 Å². The van der Waals surface area contributed by atoms with Crippen molar-refractivity contribution in [3.63, 3.8) is 0 Å². The summed E-state index contributed by atoms with van der Waals surface area (Å²) in [5.41, 5.74) is 4.74. The van der Waals surface area contributed by atoms with Crippen LogP contribution in [-0.2, 0) is 4.79 Å². The van der Waals surface area contributed by atoms with Crippen molar-refractivity contribution < 1.29 is 9.59 Å². The van der Waals surface area contributed by atoms with Gasteiger partial charge in [0.05, 0.1) is 5.57 Å². The van der Waals surface area contributed by atoms with Gasteiger partial charge in [-0.05, 0) is 57.4 Å². The summed E-state index contributed by atoms with van der Waals surface area (Å²) in [6.45, 7) is 6.34. The van der Waals surface area contributed by atoms with Crippen LogP contribution in [0, 0.1) is 11.5 Å². The number of allylic oxidation sites excluding steroid dienone is 1. The van der Waals surface area contributed by atoms with E-state index in [1.54, 1.807) is 6.08 Å². The number of Topliss-reactive ketones (excluding diaryl/α,β-unsaturated/α-hetero) is 2. The van der Waals surface area contributed by atoms with Gasteiger partial charge in [-0.1, -0.05) is 49.8 Å². The molecule has 0 aliphatic heterocycles. The van der Waals surface area contributed by atoms with E-state index in [1.165, 1.54) is 0 Å². The molecule has 0 unspecified atom stereocenters. The van der Waals surface area contributed by atoms with Crippen LogP contribution in [0.1, 0.15) is 15.9 Å². The van der Waals surface area contributed by atoms with Gasteiger partial charge < -0.3 is 0 Å². The Balaban J connectivity index is 1.94. The summed E-state index contributed by atoms with van der Waals surface area (Å²) in [5.74, 6) is 2.01. The lowest BCUT2D eigenvalue weighted by Gasteiger charge is -2.14. The molecule has 3 aromatic rings. The molecule has 1 aliphatic carbocycles. The van der Waals surface area contributed by atoms with Crippen molar-refractivity contribution in [3.05, 3.63) is 65.2 Å². The largest absolute Gasteiger partial charge is 0.285 e. The van der Waals surface area contributed by atoms with Crippen LogP contribution in [0.3, 0.4) is 0 Å². The SMILES string of the molecule is C[Si](C)(C)C#CC1=Cc2cc3cc4ccccc4cc3cc2C(=O)C1=O. The molecule has 126 valence electrons. The fourth-order valence-corrected chi connectivity index (χ4v) is 3.65. The highest BCUT2D eigenvalue weighted by Crippen LogP contribution is 2.30. The maximum Gasteiger partial charge on any atom is 0.241 e. The van der Waals surface area contributed by atoms with Crippen LogP contribution in [-0.4, -0.2) is 19.6 Å². The van der Waals surface area contributed by atoms with Crippen molar-refractivity contribution >= 4 is 47.3 Å². The molecule has 0 N–H and O–H groups in total. The lowest BCUT2D eigenvalue weighted by molar-refractivity contribution is -0.111. The maximum atomic E-state index is 12.6. The van der Waals surface area contributed by atoms with E-state index in [9.17, 15) is 9.59 Å². The number of ketones is 2. The highest BCUT2D eigenvalue weighted by molar-refractivity contribution is 6.84. The van der Waals surface area contributed by atoms with Crippen molar-refractivity contribution in [1.82, 2.24) is 0 Å². The standard InChI is InChI=1S/C23H18O2Si/c1-26(2,3)9-8-17-12-20-13-18-10-15-6-4-5-7-16(15)11-19(18)14-21(20)23(25)22(17)24/h4-7,10-14H,1-3H3. The number of benzene rings is 3. The van der Waals surface area contributed by atoms with Gasteiger partial charge in [-0.3, -0.25) is 9.59 Å². The highest BCUT2D eigenvalue weighted by atomic mass is 28.3. The van der Waals surface area contributed by atoms with Crippen molar-refractivity contribution in [3.8, 4) is 11.5 Å².